The lowest BCUT2D eigenvalue weighted by Crippen LogP contribution is -2.46. The summed E-state index contributed by atoms with van der Waals surface area (Å²) in [7, 11) is 1.98. The van der Waals surface area contributed by atoms with E-state index >= 15 is 0 Å². The molecule has 0 aliphatic heterocycles. The zero-order valence-corrected chi connectivity index (χ0v) is 20.4. The number of amides is 1. The maximum absolute atomic E-state index is 13.3. The van der Waals surface area contributed by atoms with Gasteiger partial charge in [-0.15, -0.1) is 0 Å². The molecule has 0 heterocycles. The molecule has 6 aliphatic rings. The second-order valence-electron chi connectivity index (χ2n) is 13.7. The first-order chi connectivity index (χ1) is 15.2. The van der Waals surface area contributed by atoms with Crippen molar-refractivity contribution in [2.24, 2.45) is 51.8 Å². The lowest BCUT2D eigenvalue weighted by molar-refractivity contribution is -0.152. The minimum atomic E-state index is -0.476. The molecule has 0 aromatic rings. The summed E-state index contributed by atoms with van der Waals surface area (Å²) in [5.74, 6) is 3.44. The van der Waals surface area contributed by atoms with Gasteiger partial charge < -0.3 is 10.0 Å². The summed E-state index contributed by atoms with van der Waals surface area (Å²) in [5, 5.41) is 10.5. The van der Waals surface area contributed by atoms with E-state index in [9.17, 15) is 14.7 Å². The Kier molecular flexibility index (Phi) is 4.68. The monoisotopic (exact) mass is 441 g/mol. The fourth-order valence-electron chi connectivity index (χ4n) is 10.8. The number of fused-ring (bicyclic) bond motifs is 5. The van der Waals surface area contributed by atoms with Crippen molar-refractivity contribution in [2.75, 3.05) is 7.05 Å². The topological polar surface area (TPSA) is 57.6 Å². The van der Waals surface area contributed by atoms with E-state index in [0.29, 0.717) is 29.1 Å². The predicted octanol–water partition coefficient (Wildman–Crippen LogP) is 5.75. The maximum Gasteiger partial charge on any atom is 0.309 e. The Hall–Kier alpha value is -1.06. The highest BCUT2D eigenvalue weighted by molar-refractivity contribution is 5.79. The zero-order chi connectivity index (χ0) is 22.5. The molecule has 178 valence electrons. The average molecular weight is 442 g/mol. The normalized spacial score (nSPS) is 51.0. The largest absolute Gasteiger partial charge is 0.481 e. The molecule has 6 fully saturated rings. The minimum Gasteiger partial charge on any atom is -0.481 e. The summed E-state index contributed by atoms with van der Waals surface area (Å²) in [4.78, 5) is 27.9. The molecule has 0 radical (unpaired) electrons. The van der Waals surface area contributed by atoms with Gasteiger partial charge in [0.2, 0.25) is 5.91 Å². The Morgan fingerprint density at radius 1 is 0.906 bits per heavy atom. The number of nitrogens with zero attached hydrogens (tertiary/aromatic N) is 1. The van der Waals surface area contributed by atoms with Gasteiger partial charge >= 0.3 is 5.97 Å². The molecule has 0 aromatic heterocycles. The van der Waals surface area contributed by atoms with Crippen LogP contribution in [-0.2, 0) is 9.59 Å². The highest BCUT2D eigenvalue weighted by atomic mass is 16.4. The van der Waals surface area contributed by atoms with E-state index in [-0.39, 0.29) is 17.4 Å². The second kappa shape index (κ2) is 6.98. The van der Waals surface area contributed by atoms with Crippen LogP contribution < -0.4 is 0 Å². The molecule has 32 heavy (non-hydrogen) atoms. The van der Waals surface area contributed by atoms with Gasteiger partial charge in [-0.25, -0.2) is 0 Å². The Labute approximate surface area is 193 Å². The van der Waals surface area contributed by atoms with Crippen molar-refractivity contribution in [3.05, 3.63) is 0 Å². The molecule has 6 rings (SSSR count). The second-order valence-corrected chi connectivity index (χ2v) is 13.7. The van der Waals surface area contributed by atoms with Crippen molar-refractivity contribution >= 4 is 11.9 Å². The third kappa shape index (κ3) is 2.79. The van der Waals surface area contributed by atoms with E-state index in [1.165, 1.54) is 51.4 Å². The van der Waals surface area contributed by atoms with Gasteiger partial charge in [0.05, 0.1) is 5.41 Å². The van der Waals surface area contributed by atoms with Crippen LogP contribution in [0.25, 0.3) is 0 Å². The summed E-state index contributed by atoms with van der Waals surface area (Å²) < 4.78 is 0. The molecule has 9 unspecified atom stereocenters. The Balaban J connectivity index is 1.31. The number of hydrogen-bond donors (Lipinski definition) is 1. The van der Waals surface area contributed by atoms with E-state index < -0.39 is 11.4 Å². The minimum absolute atomic E-state index is 0.212. The Bertz CT molecular complexity index is 819. The van der Waals surface area contributed by atoms with Crippen LogP contribution in [0.2, 0.25) is 0 Å². The van der Waals surface area contributed by atoms with Crippen molar-refractivity contribution in [3.8, 4) is 0 Å². The van der Waals surface area contributed by atoms with Crippen LogP contribution in [0, 0.1) is 51.8 Å². The van der Waals surface area contributed by atoms with Gasteiger partial charge in [0.15, 0.2) is 0 Å². The summed E-state index contributed by atoms with van der Waals surface area (Å²) in [6, 6.07) is 0.272. The molecule has 6 bridgehead atoms. The summed E-state index contributed by atoms with van der Waals surface area (Å²) in [5.41, 5.74) is 0.217. The number of hydrogen-bond acceptors (Lipinski definition) is 2. The lowest BCUT2D eigenvalue weighted by atomic mass is 9.50. The number of carbonyl (C=O) groups excluding carboxylic acids is 1. The summed E-state index contributed by atoms with van der Waals surface area (Å²) in [6.07, 6.45) is 15.4. The molecule has 4 nitrogen and oxygen atoms in total. The van der Waals surface area contributed by atoms with Gasteiger partial charge in [-0.2, -0.15) is 0 Å². The Morgan fingerprint density at radius 2 is 1.62 bits per heavy atom. The van der Waals surface area contributed by atoms with Crippen LogP contribution in [0.3, 0.4) is 0 Å². The number of carboxylic acids is 1. The van der Waals surface area contributed by atoms with E-state index in [0.717, 1.165) is 43.9 Å². The molecule has 0 saturated heterocycles. The average Bonchev–Trinajstić information content (AvgIpc) is 3.02. The molecule has 1 amide bonds. The summed E-state index contributed by atoms with van der Waals surface area (Å²) >= 11 is 0. The number of carboxylic acid groups (broad SMARTS) is 1. The van der Waals surface area contributed by atoms with Crippen molar-refractivity contribution < 1.29 is 14.7 Å². The summed E-state index contributed by atoms with van der Waals surface area (Å²) in [6.45, 7) is 4.24. The van der Waals surface area contributed by atoms with Gasteiger partial charge in [0, 0.05) is 19.0 Å². The standard InChI is InChI=1S/C28H43NO3/c1-17(2)29(3)24(30)20-7-19-8-21-13-26(12-19,14-22(21)10-20)27-11-18-5-4-6-28(16-27,25(31)32)23(9-18)15-27/h17-23H,4-16H2,1-3H3,(H,31,32). The van der Waals surface area contributed by atoms with Crippen molar-refractivity contribution in [1.29, 1.82) is 0 Å². The molecule has 0 spiro atoms. The third-order valence-corrected chi connectivity index (χ3v) is 12.1. The number of aliphatic carboxylic acids is 1. The van der Waals surface area contributed by atoms with Gasteiger partial charge in [0.1, 0.15) is 0 Å². The van der Waals surface area contributed by atoms with Crippen LogP contribution in [0.15, 0.2) is 0 Å². The zero-order valence-electron chi connectivity index (χ0n) is 20.4. The number of carbonyl (C=O) groups is 2. The molecule has 0 aromatic carbocycles. The van der Waals surface area contributed by atoms with Crippen LogP contribution in [0.4, 0.5) is 0 Å². The van der Waals surface area contributed by atoms with Gasteiger partial charge in [0.25, 0.3) is 0 Å². The van der Waals surface area contributed by atoms with Crippen molar-refractivity contribution in [1.82, 2.24) is 4.90 Å². The third-order valence-electron chi connectivity index (χ3n) is 12.1. The molecule has 9 atom stereocenters. The maximum atomic E-state index is 13.3. The van der Waals surface area contributed by atoms with Gasteiger partial charge in [-0.05, 0) is 125 Å². The first-order valence-corrected chi connectivity index (χ1v) is 13.7. The quantitative estimate of drug-likeness (QED) is 0.604. The molecular weight excluding hydrogens is 398 g/mol. The van der Waals surface area contributed by atoms with E-state index in [1.807, 2.05) is 11.9 Å². The molecular formula is C28H43NO3. The highest BCUT2D eigenvalue weighted by Gasteiger charge is 2.71. The van der Waals surface area contributed by atoms with E-state index in [1.54, 1.807) is 0 Å². The molecule has 4 heteroatoms. The molecule has 1 N–H and O–H groups in total. The van der Waals surface area contributed by atoms with Gasteiger partial charge in [-0.1, -0.05) is 12.8 Å². The SMILES string of the molecule is CC(C)N(C)C(=O)C1CC2CC3CC(C45CC6CCCC(C(=O)O)(C4)C(C6)C5)(C2)CC3C1. The Morgan fingerprint density at radius 3 is 2.34 bits per heavy atom. The van der Waals surface area contributed by atoms with Crippen LogP contribution in [-0.4, -0.2) is 35.0 Å². The van der Waals surface area contributed by atoms with Gasteiger partial charge in [-0.3, -0.25) is 9.59 Å². The van der Waals surface area contributed by atoms with E-state index in [4.69, 9.17) is 0 Å². The van der Waals surface area contributed by atoms with Crippen LogP contribution in [0.5, 0.6) is 0 Å². The molecule has 6 saturated carbocycles. The fourth-order valence-corrected chi connectivity index (χ4v) is 10.8. The lowest BCUT2D eigenvalue weighted by Gasteiger charge is -2.55. The number of rotatable bonds is 4. The van der Waals surface area contributed by atoms with E-state index in [2.05, 4.69) is 13.8 Å². The first-order valence-electron chi connectivity index (χ1n) is 13.7. The van der Waals surface area contributed by atoms with Crippen LogP contribution >= 0.6 is 0 Å². The first kappa shape index (κ1) is 21.5. The van der Waals surface area contributed by atoms with Crippen molar-refractivity contribution in [3.63, 3.8) is 0 Å². The van der Waals surface area contributed by atoms with Crippen molar-refractivity contribution in [2.45, 2.75) is 103 Å². The highest BCUT2D eigenvalue weighted by Crippen LogP contribution is 2.77. The smallest absolute Gasteiger partial charge is 0.309 e. The fraction of sp³-hybridized carbons (Fsp3) is 0.929. The molecule has 6 aliphatic carbocycles. The van der Waals surface area contributed by atoms with Crippen LogP contribution in [0.1, 0.15) is 97.3 Å². The predicted molar refractivity (Wildman–Crippen MR) is 124 cm³/mol.